The number of Topliss-reactive ketones (excluding diaryl/α,β-unsaturated/α-hetero) is 9. The maximum atomic E-state index is 12.4. The Morgan fingerprint density at radius 1 is 0.224 bits per heavy atom. The number of hydrogen-bond donors (Lipinski definition) is 10. The van der Waals surface area contributed by atoms with E-state index >= 15 is 0 Å². The number of rotatable bonds is 64. The first-order valence-electron chi connectivity index (χ1n) is 50.1. The molecule has 10 unspecified atom stereocenters. The molecule has 0 aliphatic carbocycles. The monoisotopic (exact) mass is 2190 g/mol. The summed E-state index contributed by atoms with van der Waals surface area (Å²) in [6, 6.07) is 0. The number of carbonyl (C=O) groups excluding carboxylic acids is 9. The van der Waals surface area contributed by atoms with Gasteiger partial charge < -0.3 is 50.0 Å². The summed E-state index contributed by atoms with van der Waals surface area (Å²) in [5.74, 6) is 1.54. The van der Waals surface area contributed by atoms with Gasteiger partial charge in [-0.15, -0.1) is 0 Å². The number of ketones is 9. The van der Waals surface area contributed by atoms with Crippen LogP contribution in [-0.4, -0.2) is 216 Å². The van der Waals surface area contributed by atoms with Gasteiger partial charge in [0.05, 0.1) is 61.0 Å². The van der Waals surface area contributed by atoms with E-state index in [9.17, 15) is 116 Å². The van der Waals surface area contributed by atoms with E-state index in [4.69, 9.17) is 45.2 Å². The van der Waals surface area contributed by atoms with E-state index < -0.39 is 148 Å². The molecule has 0 aliphatic rings. The number of aliphatic hydroxyl groups excluding tert-OH is 5. The highest BCUT2D eigenvalue weighted by Crippen LogP contribution is 2.54. The molecular formula is C102H201O34P5S2. The number of phosphoric acid groups is 5. The summed E-state index contributed by atoms with van der Waals surface area (Å²) in [4.78, 5) is 158. The van der Waals surface area contributed by atoms with Gasteiger partial charge in [0.1, 0.15) is 53.7 Å². The maximum absolute atomic E-state index is 12.4. The van der Waals surface area contributed by atoms with Crippen molar-refractivity contribution in [3.8, 4) is 0 Å². The Morgan fingerprint density at radius 2 is 0.399 bits per heavy atom. The number of aliphatic hydroxyl groups is 5. The van der Waals surface area contributed by atoms with Crippen LogP contribution in [0.25, 0.3) is 0 Å². The Hall–Kier alpha value is -1.92. The quantitative estimate of drug-likeness (QED) is 0.0200. The molecule has 10 atom stereocenters. The fraction of sp³-hybridized carbons (Fsp3) is 0.912. The van der Waals surface area contributed by atoms with Crippen LogP contribution in [0.15, 0.2) is 0 Å². The second-order valence-electron chi connectivity index (χ2n) is 51.6. The van der Waals surface area contributed by atoms with Crippen molar-refractivity contribution in [3.63, 3.8) is 0 Å². The summed E-state index contributed by atoms with van der Waals surface area (Å²) < 4.78 is 110. The molecule has 0 bridgehead atoms. The minimum Gasteiger partial charge on any atom is -0.385 e. The lowest BCUT2D eigenvalue weighted by Crippen LogP contribution is -2.40. The number of phosphoric ester groups is 5. The van der Waals surface area contributed by atoms with Crippen LogP contribution >= 0.6 is 62.6 Å². The van der Waals surface area contributed by atoms with Gasteiger partial charge in [-0.25, -0.2) is 22.8 Å². The summed E-state index contributed by atoms with van der Waals surface area (Å²) in [6.07, 6.45) is 5.58. The van der Waals surface area contributed by atoms with Crippen LogP contribution in [0.5, 0.6) is 0 Å². The molecule has 0 heterocycles. The molecule has 0 rings (SSSR count). The average Bonchev–Trinajstić information content (AvgIpc) is 0.850. The fourth-order valence-electron chi connectivity index (χ4n) is 12.3. The molecule has 0 aromatic carbocycles. The zero-order valence-corrected chi connectivity index (χ0v) is 102. The van der Waals surface area contributed by atoms with Crippen LogP contribution in [-0.2, 0) is 111 Å². The normalized spacial score (nSPS) is 16.4. The van der Waals surface area contributed by atoms with Crippen LogP contribution in [0, 0.1) is 48.7 Å². The van der Waals surface area contributed by atoms with Gasteiger partial charge in [-0.05, 0) is 220 Å². The van der Waals surface area contributed by atoms with E-state index in [0.717, 1.165) is 62.2 Å². The molecule has 0 amide bonds. The summed E-state index contributed by atoms with van der Waals surface area (Å²) in [5.41, 5.74) is -8.87. The van der Waals surface area contributed by atoms with Gasteiger partial charge in [-0.2, -0.15) is 23.5 Å². The van der Waals surface area contributed by atoms with E-state index in [1.807, 2.05) is 23.5 Å². The van der Waals surface area contributed by atoms with E-state index in [-0.39, 0.29) is 115 Å². The maximum Gasteiger partial charge on any atom is 0.472 e. The van der Waals surface area contributed by atoms with Crippen LogP contribution in [0.3, 0.4) is 0 Å². The summed E-state index contributed by atoms with van der Waals surface area (Å²) in [6.45, 7) is 70.6. The molecular weight excluding hydrogens is 1990 g/mol. The number of carbonyl (C=O) groups is 9. The average molecular weight is 2190 g/mol. The first kappa shape index (κ1) is 149. The molecule has 0 fully saturated rings. The van der Waals surface area contributed by atoms with Gasteiger partial charge in [0, 0.05) is 115 Å². The van der Waals surface area contributed by atoms with Crippen molar-refractivity contribution in [1.29, 1.82) is 0 Å². The molecule has 850 valence electrons. The minimum absolute atomic E-state index is 0.0706. The lowest BCUT2D eigenvalue weighted by molar-refractivity contribution is -0.135. The van der Waals surface area contributed by atoms with Crippen molar-refractivity contribution in [2.24, 2.45) is 48.7 Å². The van der Waals surface area contributed by atoms with Crippen LogP contribution in [0.2, 0.25) is 0 Å². The van der Waals surface area contributed by atoms with Crippen molar-refractivity contribution >= 4 is 115 Å². The topological polar surface area (TPSA) is 534 Å². The lowest BCUT2D eigenvalue weighted by atomic mass is 9.83. The second-order valence-corrected chi connectivity index (χ2v) is 61.6. The van der Waals surface area contributed by atoms with Gasteiger partial charge in [-0.3, -0.25) is 88.4 Å². The zero-order valence-electron chi connectivity index (χ0n) is 95.5. The van der Waals surface area contributed by atoms with Gasteiger partial charge >= 0.3 is 39.1 Å². The van der Waals surface area contributed by atoms with E-state index in [2.05, 4.69) is 104 Å². The summed E-state index contributed by atoms with van der Waals surface area (Å²) in [5, 5.41) is 51.7. The highest BCUT2D eigenvalue weighted by atomic mass is 32.2. The first-order chi connectivity index (χ1) is 63.3. The Labute approximate surface area is 870 Å². The van der Waals surface area contributed by atoms with E-state index in [0.29, 0.717) is 88.9 Å². The first-order valence-corrected chi connectivity index (χ1v) is 59.7. The van der Waals surface area contributed by atoms with Crippen molar-refractivity contribution in [3.05, 3.63) is 0 Å². The molecule has 0 saturated heterocycles. The van der Waals surface area contributed by atoms with E-state index in [1.54, 1.807) is 173 Å². The third-order valence-corrected chi connectivity index (χ3v) is 29.0. The van der Waals surface area contributed by atoms with Crippen molar-refractivity contribution in [2.45, 2.75) is 501 Å². The standard InChI is InChI=1S/C23H45O7PS.C21H41O7PS.C21H41O7P.C20H39O7P.C17H35O6P/c1-21(2,3)14-16-32-15-10-12-18(24)11-9-13-19(25)20(26)23(7,8)17-29-31(27,28)30-22(4,5)6;1-19(2,3)28-29(25,26)27-15-21(7,8)18(24)17(23)13-9-11-16(22)12-10-14-30-20(4,5)6;1-19(2,3)14-10-12-16(22)11-9-13-17(23)18(24)21(7,8)15-27-29(25,26)28-20(4,5)6;1-18(2,3)13-12-15(21)10-9-11-16(22)17(23)20(7,8)14-26-28(24,25)27-19(4,5)6;1-15(2,3)11-9-10-13(18)14(19)17(7,8)12-22-24(20,21)23-16(4,5)6/h20,26H,9-17H2,1-8H3,(H,27,28);18,24H,9-15H2,1-8H3,(H,25,26);18,24H,9-15H2,1-8H3,(H,25,26);17,23H,9-14H2,1-8H3,(H,24,25);14,19H,9-12H2,1-8H3,(H,20,21). The van der Waals surface area contributed by atoms with Gasteiger partial charge in [0.15, 0.2) is 28.9 Å². The molecule has 0 aliphatic heterocycles. The molecule has 10 N–H and O–H groups in total. The summed E-state index contributed by atoms with van der Waals surface area (Å²) in [7, 11) is -21.5. The SMILES string of the molecule is CC(C)(C)CCC(=O)CCCC(=O)C(O)C(C)(C)COP(=O)(O)OC(C)(C)C.CC(C)(C)CCCC(=O)C(O)C(C)(C)COP(=O)(O)OC(C)(C)C.CC(C)(C)CCCC(=O)CCCC(=O)C(O)C(C)(C)COP(=O)(O)OC(C)(C)C.CC(C)(C)CCSCCCC(=O)CCCC(=O)C(O)C(C)(C)COP(=O)(O)OC(C)(C)C.CC(C)(C)OP(=O)(O)OCC(C)(C)C(O)C(=O)CCCC(=O)CCCSC(C)(C)C. The number of thioether (sulfide) groups is 2. The second kappa shape index (κ2) is 64.4. The third kappa shape index (κ3) is 87.1. The highest BCUT2D eigenvalue weighted by molar-refractivity contribution is 8.00. The van der Waals surface area contributed by atoms with Crippen LogP contribution < -0.4 is 0 Å². The smallest absolute Gasteiger partial charge is 0.385 e. The molecule has 0 aromatic rings. The van der Waals surface area contributed by atoms with Crippen LogP contribution in [0.1, 0.15) is 437 Å². The van der Waals surface area contributed by atoms with Gasteiger partial charge in [-0.1, -0.05) is 173 Å². The minimum atomic E-state index is -4.31. The molecule has 34 nitrogen and oxygen atoms in total. The zero-order chi connectivity index (χ0) is 114. The lowest BCUT2D eigenvalue weighted by Gasteiger charge is -2.31. The van der Waals surface area contributed by atoms with Crippen molar-refractivity contribution in [2.75, 3.05) is 50.3 Å². The number of hydrogen-bond acceptors (Lipinski definition) is 31. The van der Waals surface area contributed by atoms with Gasteiger partial charge in [0.25, 0.3) is 0 Å². The molecule has 41 heteroatoms. The molecule has 0 aromatic heterocycles. The Morgan fingerprint density at radius 3 is 0.594 bits per heavy atom. The predicted molar refractivity (Wildman–Crippen MR) is 570 cm³/mol. The van der Waals surface area contributed by atoms with Crippen molar-refractivity contribution in [1.82, 2.24) is 0 Å². The predicted octanol–water partition coefficient (Wildman–Crippen LogP) is 23.9. The molecule has 0 saturated carbocycles. The van der Waals surface area contributed by atoms with Gasteiger partial charge in [0.2, 0.25) is 0 Å². The van der Waals surface area contributed by atoms with Crippen molar-refractivity contribution < 1.29 is 161 Å². The molecule has 0 spiro atoms. The largest absolute Gasteiger partial charge is 0.472 e. The fourth-order valence-corrected chi connectivity index (χ4v) is 20.7. The Balaban J connectivity index is -0.000000556. The Bertz CT molecular complexity index is 4030. The molecule has 143 heavy (non-hydrogen) atoms. The highest BCUT2D eigenvalue weighted by Gasteiger charge is 2.44. The van der Waals surface area contributed by atoms with E-state index in [1.165, 1.54) is 0 Å². The third-order valence-electron chi connectivity index (χ3n) is 20.4. The Kier molecular flexibility index (Phi) is 67.4. The van der Waals surface area contributed by atoms with Crippen LogP contribution in [0.4, 0.5) is 0 Å². The summed E-state index contributed by atoms with van der Waals surface area (Å²) >= 11 is 3.69. The molecule has 0 radical (unpaired) electrons.